The molecule has 1 aliphatic heterocycles. The highest BCUT2D eigenvalue weighted by atomic mass is 16.2. The third-order valence-electron chi connectivity index (χ3n) is 4.78. The lowest BCUT2D eigenvalue weighted by Crippen LogP contribution is -2.38. The van der Waals surface area contributed by atoms with E-state index >= 15 is 0 Å². The van der Waals surface area contributed by atoms with Crippen LogP contribution in [0.5, 0.6) is 0 Å². The van der Waals surface area contributed by atoms with Crippen LogP contribution in [0.4, 0.5) is 0 Å². The van der Waals surface area contributed by atoms with Gasteiger partial charge in [0.05, 0.1) is 6.54 Å². The standard InChI is InChI=1S/C18H26N4O/c19-18(21-16-8-3-4-9-16)20-12-14-6-1-2-7-15(14)13-22-11-5-10-17(22)23/h1-2,6-7,16H,3-5,8-13H2,(H3,19,20,21). The van der Waals surface area contributed by atoms with Crippen LogP contribution in [0.3, 0.4) is 0 Å². The first-order chi connectivity index (χ1) is 11.2. The maximum Gasteiger partial charge on any atom is 0.222 e. The number of nitrogens with zero attached hydrogens (tertiary/aromatic N) is 2. The highest BCUT2D eigenvalue weighted by Gasteiger charge is 2.20. The Morgan fingerprint density at radius 3 is 2.65 bits per heavy atom. The van der Waals surface area contributed by atoms with Crippen molar-refractivity contribution in [2.45, 2.75) is 57.7 Å². The van der Waals surface area contributed by atoms with Crippen LogP contribution in [0.2, 0.25) is 0 Å². The molecule has 1 aliphatic carbocycles. The van der Waals surface area contributed by atoms with Gasteiger partial charge < -0.3 is 16.0 Å². The van der Waals surface area contributed by atoms with Gasteiger partial charge in [0.15, 0.2) is 5.96 Å². The summed E-state index contributed by atoms with van der Waals surface area (Å²) in [6.07, 6.45) is 6.57. The number of carbonyl (C=O) groups excluding carboxylic acids is 1. The zero-order valence-corrected chi connectivity index (χ0v) is 13.6. The Labute approximate surface area is 138 Å². The summed E-state index contributed by atoms with van der Waals surface area (Å²) >= 11 is 0. The van der Waals surface area contributed by atoms with Crippen molar-refractivity contribution < 1.29 is 4.79 Å². The minimum Gasteiger partial charge on any atom is -0.370 e. The minimum absolute atomic E-state index is 0.255. The fraction of sp³-hybridized carbons (Fsp3) is 0.556. The summed E-state index contributed by atoms with van der Waals surface area (Å²) in [5.41, 5.74) is 8.32. The van der Waals surface area contributed by atoms with E-state index in [9.17, 15) is 4.79 Å². The quantitative estimate of drug-likeness (QED) is 0.646. The lowest BCUT2D eigenvalue weighted by molar-refractivity contribution is -0.128. The molecule has 0 unspecified atom stereocenters. The number of aliphatic imine (C=N–C) groups is 1. The maximum atomic E-state index is 11.8. The Morgan fingerprint density at radius 2 is 1.96 bits per heavy atom. The van der Waals surface area contributed by atoms with Crippen molar-refractivity contribution in [3.63, 3.8) is 0 Å². The number of nitrogens with one attached hydrogen (secondary N) is 1. The van der Waals surface area contributed by atoms with Crippen molar-refractivity contribution >= 4 is 11.9 Å². The van der Waals surface area contributed by atoms with Gasteiger partial charge in [0.25, 0.3) is 0 Å². The van der Waals surface area contributed by atoms with Crippen LogP contribution in [0.15, 0.2) is 29.3 Å². The predicted octanol–water partition coefficient (Wildman–Crippen LogP) is 2.16. The molecular formula is C18H26N4O. The van der Waals surface area contributed by atoms with Crippen LogP contribution in [0.25, 0.3) is 0 Å². The number of hydrogen-bond donors (Lipinski definition) is 2. The lowest BCUT2D eigenvalue weighted by atomic mass is 10.1. The number of carbonyl (C=O) groups is 1. The van der Waals surface area contributed by atoms with Crippen LogP contribution in [0, 0.1) is 0 Å². The van der Waals surface area contributed by atoms with Crippen molar-refractivity contribution in [2.75, 3.05) is 6.54 Å². The Hall–Kier alpha value is -2.04. The first-order valence-electron chi connectivity index (χ1n) is 8.63. The van der Waals surface area contributed by atoms with E-state index in [1.807, 2.05) is 17.0 Å². The van der Waals surface area contributed by atoms with Crippen molar-refractivity contribution in [3.8, 4) is 0 Å². The van der Waals surface area contributed by atoms with Crippen molar-refractivity contribution in [3.05, 3.63) is 35.4 Å². The zero-order chi connectivity index (χ0) is 16.1. The fourth-order valence-electron chi connectivity index (χ4n) is 3.44. The molecule has 1 heterocycles. The van der Waals surface area contributed by atoms with Crippen LogP contribution in [-0.4, -0.2) is 29.4 Å². The van der Waals surface area contributed by atoms with Crippen molar-refractivity contribution in [1.82, 2.24) is 10.2 Å². The van der Waals surface area contributed by atoms with Gasteiger partial charge in [-0.3, -0.25) is 4.79 Å². The SMILES string of the molecule is NC(=NCc1ccccc1CN1CCCC1=O)NC1CCCC1. The van der Waals surface area contributed by atoms with Gasteiger partial charge in [0.1, 0.15) is 0 Å². The molecule has 3 rings (SSSR count). The summed E-state index contributed by atoms with van der Waals surface area (Å²) in [5, 5.41) is 3.31. The molecule has 1 aromatic carbocycles. The Balaban J connectivity index is 1.61. The summed E-state index contributed by atoms with van der Waals surface area (Å²) < 4.78 is 0. The monoisotopic (exact) mass is 314 g/mol. The molecule has 1 amide bonds. The van der Waals surface area contributed by atoms with E-state index < -0.39 is 0 Å². The molecule has 5 heteroatoms. The average molecular weight is 314 g/mol. The molecule has 0 atom stereocenters. The molecule has 0 bridgehead atoms. The normalized spacial score (nSPS) is 19.6. The smallest absolute Gasteiger partial charge is 0.222 e. The highest BCUT2D eigenvalue weighted by Crippen LogP contribution is 2.19. The summed E-state index contributed by atoms with van der Waals surface area (Å²) in [4.78, 5) is 18.2. The molecule has 0 radical (unpaired) electrons. The van der Waals surface area contributed by atoms with Gasteiger partial charge in [0, 0.05) is 25.6 Å². The van der Waals surface area contributed by atoms with Gasteiger partial charge in [-0.2, -0.15) is 0 Å². The number of amides is 1. The van der Waals surface area contributed by atoms with Gasteiger partial charge in [0.2, 0.25) is 5.91 Å². The maximum absolute atomic E-state index is 11.8. The largest absolute Gasteiger partial charge is 0.370 e. The average Bonchev–Trinajstić information content (AvgIpc) is 3.19. The lowest BCUT2D eigenvalue weighted by Gasteiger charge is -2.18. The summed E-state index contributed by atoms with van der Waals surface area (Å²) in [5.74, 6) is 0.787. The summed E-state index contributed by atoms with van der Waals surface area (Å²) in [6, 6.07) is 8.67. The first-order valence-corrected chi connectivity index (χ1v) is 8.63. The second kappa shape index (κ2) is 7.49. The molecule has 1 saturated carbocycles. The molecule has 2 aliphatic rings. The molecule has 5 nitrogen and oxygen atoms in total. The second-order valence-corrected chi connectivity index (χ2v) is 6.51. The van der Waals surface area contributed by atoms with E-state index in [1.165, 1.54) is 31.2 Å². The number of rotatable bonds is 5. The Bertz CT molecular complexity index is 578. The summed E-state index contributed by atoms with van der Waals surface area (Å²) in [6.45, 7) is 2.10. The van der Waals surface area contributed by atoms with Crippen LogP contribution < -0.4 is 11.1 Å². The van der Waals surface area contributed by atoms with Gasteiger partial charge in [-0.15, -0.1) is 0 Å². The minimum atomic E-state index is 0.255. The predicted molar refractivity (Wildman–Crippen MR) is 91.8 cm³/mol. The molecule has 0 spiro atoms. The third-order valence-corrected chi connectivity index (χ3v) is 4.78. The molecule has 2 fully saturated rings. The van der Waals surface area contributed by atoms with E-state index in [-0.39, 0.29) is 5.91 Å². The van der Waals surface area contributed by atoms with E-state index in [1.54, 1.807) is 0 Å². The fourth-order valence-corrected chi connectivity index (χ4v) is 3.44. The topological polar surface area (TPSA) is 70.7 Å². The number of guanidine groups is 1. The second-order valence-electron chi connectivity index (χ2n) is 6.51. The van der Waals surface area contributed by atoms with E-state index in [2.05, 4.69) is 22.4 Å². The van der Waals surface area contributed by atoms with Gasteiger partial charge in [-0.25, -0.2) is 4.99 Å². The third kappa shape index (κ3) is 4.24. The van der Waals surface area contributed by atoms with Gasteiger partial charge in [-0.05, 0) is 30.4 Å². The van der Waals surface area contributed by atoms with Gasteiger partial charge >= 0.3 is 0 Å². The number of likely N-dealkylation sites (tertiary alicyclic amines) is 1. The van der Waals surface area contributed by atoms with Crippen LogP contribution in [-0.2, 0) is 17.9 Å². The van der Waals surface area contributed by atoms with Crippen LogP contribution in [0.1, 0.15) is 49.7 Å². The van der Waals surface area contributed by atoms with Gasteiger partial charge in [-0.1, -0.05) is 37.1 Å². The number of benzene rings is 1. The molecular weight excluding hydrogens is 288 g/mol. The highest BCUT2D eigenvalue weighted by molar-refractivity contribution is 5.78. The molecule has 1 aromatic rings. The number of nitrogens with two attached hydrogens (primary N) is 1. The van der Waals surface area contributed by atoms with Crippen molar-refractivity contribution in [2.24, 2.45) is 10.7 Å². The Morgan fingerprint density at radius 1 is 1.22 bits per heavy atom. The zero-order valence-electron chi connectivity index (χ0n) is 13.6. The van der Waals surface area contributed by atoms with Crippen molar-refractivity contribution in [1.29, 1.82) is 0 Å². The number of hydrogen-bond acceptors (Lipinski definition) is 2. The molecule has 0 aromatic heterocycles. The molecule has 3 N–H and O–H groups in total. The van der Waals surface area contributed by atoms with E-state index in [0.29, 0.717) is 31.5 Å². The molecule has 124 valence electrons. The first kappa shape index (κ1) is 15.8. The summed E-state index contributed by atoms with van der Waals surface area (Å²) in [7, 11) is 0. The Kier molecular flexibility index (Phi) is 5.16. The molecule has 1 saturated heterocycles. The van der Waals surface area contributed by atoms with E-state index in [0.717, 1.165) is 18.5 Å². The van der Waals surface area contributed by atoms with E-state index in [4.69, 9.17) is 5.73 Å². The van der Waals surface area contributed by atoms with Crippen LogP contribution >= 0.6 is 0 Å². The molecule has 23 heavy (non-hydrogen) atoms.